The van der Waals surface area contributed by atoms with Crippen LogP contribution in [0, 0.1) is 0 Å². The van der Waals surface area contributed by atoms with Crippen molar-refractivity contribution in [1.29, 1.82) is 0 Å². The second-order valence-electron chi connectivity index (χ2n) is 2.49. The van der Waals surface area contributed by atoms with Gasteiger partial charge in [-0.3, -0.25) is 4.79 Å². The van der Waals surface area contributed by atoms with Gasteiger partial charge in [0.25, 0.3) is 0 Å². The van der Waals surface area contributed by atoms with Crippen LogP contribution in [0.1, 0.15) is 6.92 Å². The Morgan fingerprint density at radius 3 is 2.07 bits per heavy atom. The van der Waals surface area contributed by atoms with Gasteiger partial charge in [-0.15, -0.1) is 0 Å². The molecule has 0 heterocycles. The first-order valence-corrected chi connectivity index (χ1v) is 4.79. The predicted molar refractivity (Wildman–Crippen MR) is 56.5 cm³/mol. The van der Waals surface area contributed by atoms with E-state index in [1.165, 1.54) is 19.1 Å². The van der Waals surface area contributed by atoms with Gasteiger partial charge in [0.05, 0.1) is 4.90 Å². The van der Waals surface area contributed by atoms with Crippen molar-refractivity contribution in [3.63, 3.8) is 0 Å². The summed E-state index contributed by atoms with van der Waals surface area (Å²) < 4.78 is 21.0. The summed E-state index contributed by atoms with van der Waals surface area (Å²) in [6, 6.07) is 5.97. The molecule has 6 heteroatoms. The van der Waals surface area contributed by atoms with Crippen LogP contribution < -0.4 is 5.32 Å². The number of thiol groups is 1. The van der Waals surface area contributed by atoms with Crippen LogP contribution in [0.2, 0.25) is 0 Å². The van der Waals surface area contributed by atoms with Crippen molar-refractivity contribution in [3.8, 4) is 0 Å². The molecule has 0 atom stereocenters. The second kappa shape index (κ2) is 6.19. The quantitative estimate of drug-likeness (QED) is 0.546. The van der Waals surface area contributed by atoms with Gasteiger partial charge in [-0.05, 0) is 24.3 Å². The third-order valence-electron chi connectivity index (χ3n) is 1.40. The summed E-state index contributed by atoms with van der Waals surface area (Å²) in [4.78, 5) is 10.8. The molecule has 1 amide bonds. The molecule has 0 aromatic heterocycles. The molecule has 0 spiro atoms. The zero-order valence-electron chi connectivity index (χ0n) is 6.98. The summed E-state index contributed by atoms with van der Waals surface area (Å²) in [7, 11) is -2.54. The van der Waals surface area contributed by atoms with Crippen LogP contribution >= 0.6 is 0 Å². The van der Waals surface area contributed by atoms with Crippen molar-refractivity contribution < 1.29 is 13.2 Å². The van der Waals surface area contributed by atoms with Crippen molar-refractivity contribution in [2.24, 2.45) is 0 Å². The molecule has 72 valence electrons. The maximum absolute atomic E-state index is 10.6. The molecule has 0 bridgehead atoms. The standard InChI is InChI=1S/C8H9NO3S.Na.H/c1-6(10)9-7-2-4-8(5-3-7)13(11)12;;/h2-5,13H,1H3,(H,9,10);;. The summed E-state index contributed by atoms with van der Waals surface area (Å²) in [5.74, 6) is -0.181. The summed E-state index contributed by atoms with van der Waals surface area (Å²) in [5, 5.41) is 2.54. The normalized spacial score (nSPS) is 9.29. The van der Waals surface area contributed by atoms with E-state index in [-0.39, 0.29) is 40.4 Å². The van der Waals surface area contributed by atoms with Crippen molar-refractivity contribution in [2.45, 2.75) is 11.8 Å². The summed E-state index contributed by atoms with van der Waals surface area (Å²) >= 11 is 0. The molecule has 1 N–H and O–H groups in total. The van der Waals surface area contributed by atoms with Gasteiger partial charge < -0.3 is 5.32 Å². The minimum atomic E-state index is -2.54. The topological polar surface area (TPSA) is 63.2 Å². The average Bonchev–Trinajstić information content (AvgIpc) is 2.04. The molecule has 0 aliphatic carbocycles. The van der Waals surface area contributed by atoms with Crippen LogP contribution in [0.3, 0.4) is 0 Å². The van der Waals surface area contributed by atoms with Crippen LogP contribution in [0.5, 0.6) is 0 Å². The zero-order valence-corrected chi connectivity index (χ0v) is 7.88. The fourth-order valence-electron chi connectivity index (χ4n) is 0.870. The predicted octanol–water partition coefficient (Wildman–Crippen LogP) is -0.0332. The van der Waals surface area contributed by atoms with Gasteiger partial charge in [0, 0.05) is 12.6 Å². The number of nitrogens with one attached hydrogen (secondary N) is 1. The molecule has 14 heavy (non-hydrogen) atoms. The Labute approximate surface area is 106 Å². The van der Waals surface area contributed by atoms with Crippen molar-refractivity contribution in [3.05, 3.63) is 24.3 Å². The van der Waals surface area contributed by atoms with E-state index in [0.717, 1.165) is 0 Å². The Hall–Kier alpha value is -0.360. The third kappa shape index (κ3) is 4.23. The monoisotopic (exact) mass is 223 g/mol. The summed E-state index contributed by atoms with van der Waals surface area (Å²) in [5.41, 5.74) is 0.591. The molecule has 4 nitrogen and oxygen atoms in total. The first kappa shape index (κ1) is 13.6. The van der Waals surface area contributed by atoms with E-state index >= 15 is 0 Å². The Morgan fingerprint density at radius 2 is 1.71 bits per heavy atom. The van der Waals surface area contributed by atoms with E-state index in [4.69, 9.17) is 0 Å². The Balaban J connectivity index is 0.00000169. The van der Waals surface area contributed by atoms with Gasteiger partial charge >= 0.3 is 29.6 Å². The first-order valence-electron chi connectivity index (χ1n) is 3.61. The first-order chi connectivity index (χ1) is 6.09. The molecule has 0 aliphatic heterocycles. The fraction of sp³-hybridized carbons (Fsp3) is 0.125. The van der Waals surface area contributed by atoms with Gasteiger partial charge in [-0.1, -0.05) is 0 Å². The summed E-state index contributed by atoms with van der Waals surface area (Å²) in [6.45, 7) is 1.39. The number of carbonyl (C=O) groups is 1. The molecule has 1 aromatic carbocycles. The number of hydrogen-bond donors (Lipinski definition) is 2. The molecular weight excluding hydrogens is 213 g/mol. The molecule has 0 fully saturated rings. The zero-order chi connectivity index (χ0) is 9.84. The summed E-state index contributed by atoms with van der Waals surface area (Å²) in [6.07, 6.45) is 0. The number of carbonyl (C=O) groups excluding carboxylic acids is 1. The molecule has 0 saturated carbocycles. The van der Waals surface area contributed by atoms with Crippen LogP contribution in [0.4, 0.5) is 5.69 Å². The van der Waals surface area contributed by atoms with Crippen LogP contribution in [0.15, 0.2) is 29.2 Å². The van der Waals surface area contributed by atoms with E-state index in [0.29, 0.717) is 5.69 Å². The molecule has 1 rings (SSSR count). The average molecular weight is 223 g/mol. The van der Waals surface area contributed by atoms with E-state index in [1.54, 1.807) is 12.1 Å². The van der Waals surface area contributed by atoms with Crippen LogP contribution in [-0.2, 0) is 15.5 Å². The van der Waals surface area contributed by atoms with Crippen molar-refractivity contribution in [1.82, 2.24) is 0 Å². The van der Waals surface area contributed by atoms with Crippen molar-refractivity contribution >= 4 is 51.9 Å². The van der Waals surface area contributed by atoms with Crippen LogP contribution in [0.25, 0.3) is 0 Å². The molecule has 1 aromatic rings. The molecule has 0 unspecified atom stereocenters. The van der Waals surface area contributed by atoms with Crippen LogP contribution in [-0.4, -0.2) is 43.9 Å². The van der Waals surface area contributed by atoms with E-state index in [2.05, 4.69) is 5.32 Å². The second-order valence-corrected chi connectivity index (χ2v) is 3.52. The fourth-order valence-corrected chi connectivity index (χ4v) is 1.26. The number of benzene rings is 1. The number of anilines is 1. The SMILES string of the molecule is CC(=O)Nc1ccc([SH](=O)=O)cc1.[NaH]. The number of hydrogen-bond acceptors (Lipinski definition) is 3. The van der Waals surface area contributed by atoms with Gasteiger partial charge in [-0.2, -0.15) is 0 Å². The van der Waals surface area contributed by atoms with E-state index in [1.807, 2.05) is 0 Å². The van der Waals surface area contributed by atoms with Gasteiger partial charge in [-0.25, -0.2) is 8.42 Å². The maximum atomic E-state index is 10.6. The van der Waals surface area contributed by atoms with Gasteiger partial charge in [0.15, 0.2) is 10.7 Å². The third-order valence-corrected chi connectivity index (χ3v) is 2.12. The number of rotatable bonds is 2. The minimum absolute atomic E-state index is 0. The Morgan fingerprint density at radius 1 is 1.21 bits per heavy atom. The molecule has 0 radical (unpaired) electrons. The van der Waals surface area contributed by atoms with Crippen molar-refractivity contribution in [2.75, 3.05) is 5.32 Å². The molecule has 0 saturated heterocycles. The number of amides is 1. The molecular formula is C8H10NNaO3S. The van der Waals surface area contributed by atoms with Gasteiger partial charge in [0.2, 0.25) is 5.91 Å². The van der Waals surface area contributed by atoms with E-state index in [9.17, 15) is 13.2 Å². The van der Waals surface area contributed by atoms with Gasteiger partial charge in [0.1, 0.15) is 0 Å². The molecule has 0 aliphatic rings. The van der Waals surface area contributed by atoms with E-state index < -0.39 is 10.7 Å². The Bertz CT molecular complexity index is 378. The Kier molecular flexibility index (Phi) is 6.03.